The molecule has 0 atom stereocenters. The van der Waals surface area contributed by atoms with E-state index >= 15 is 0 Å². The van der Waals surface area contributed by atoms with Gasteiger partial charge in [0, 0.05) is 11.6 Å². The third kappa shape index (κ3) is 4.77. The summed E-state index contributed by atoms with van der Waals surface area (Å²) in [5.74, 6) is 1.56. The monoisotopic (exact) mass is 283 g/mol. The smallest absolute Gasteiger partial charge is 0.123 e. The Hall–Kier alpha value is -0.600. The minimum Gasteiger partial charge on any atom is -0.313 e. The van der Waals surface area contributed by atoms with Gasteiger partial charge in [-0.25, -0.2) is 4.39 Å². The molecule has 1 aromatic rings. The van der Waals surface area contributed by atoms with Crippen molar-refractivity contribution in [1.29, 1.82) is 0 Å². The van der Waals surface area contributed by atoms with Crippen LogP contribution in [0.1, 0.15) is 44.6 Å². The summed E-state index contributed by atoms with van der Waals surface area (Å²) in [6, 6.07) is 4.53. The van der Waals surface area contributed by atoms with Crippen molar-refractivity contribution in [1.82, 2.24) is 5.32 Å². The maximum Gasteiger partial charge on any atom is 0.123 e. The van der Waals surface area contributed by atoms with Crippen LogP contribution in [-0.2, 0) is 6.54 Å². The molecular formula is C16H23ClFN. The van der Waals surface area contributed by atoms with Crippen molar-refractivity contribution in [2.75, 3.05) is 6.54 Å². The molecule has 0 aliphatic heterocycles. The molecule has 0 radical (unpaired) electrons. The largest absolute Gasteiger partial charge is 0.313 e. The van der Waals surface area contributed by atoms with Crippen LogP contribution in [0.5, 0.6) is 0 Å². The molecule has 2 rings (SSSR count). The third-order valence-electron chi connectivity index (χ3n) is 4.19. The number of hydrogen-bond acceptors (Lipinski definition) is 1. The molecular weight excluding hydrogens is 261 g/mol. The standard InChI is InChI=1S/C16H23ClFN/c1-12-2-4-13(5-3-12)8-9-19-11-14-10-15(18)6-7-16(14)17/h6-7,10,12-13,19H,2-5,8-9,11H2,1H3. The van der Waals surface area contributed by atoms with Crippen LogP contribution in [0.15, 0.2) is 18.2 Å². The summed E-state index contributed by atoms with van der Waals surface area (Å²) in [5.41, 5.74) is 0.846. The van der Waals surface area contributed by atoms with E-state index in [9.17, 15) is 4.39 Å². The minimum atomic E-state index is -0.220. The number of halogens is 2. The molecule has 1 aliphatic carbocycles. The fourth-order valence-corrected chi connectivity index (χ4v) is 3.01. The normalized spacial score (nSPS) is 23.5. The van der Waals surface area contributed by atoms with Crippen LogP contribution in [0.3, 0.4) is 0 Å². The summed E-state index contributed by atoms with van der Waals surface area (Å²) in [6.07, 6.45) is 6.70. The molecule has 1 aromatic carbocycles. The number of rotatable bonds is 5. The Kier molecular flexibility index (Phi) is 5.65. The molecule has 0 amide bonds. The van der Waals surface area contributed by atoms with E-state index in [0.29, 0.717) is 11.6 Å². The molecule has 106 valence electrons. The predicted molar refractivity (Wildman–Crippen MR) is 78.9 cm³/mol. The van der Waals surface area contributed by atoms with Crippen LogP contribution < -0.4 is 5.32 Å². The fourth-order valence-electron chi connectivity index (χ4n) is 2.83. The molecule has 1 aliphatic rings. The zero-order valence-electron chi connectivity index (χ0n) is 11.6. The Morgan fingerprint density at radius 1 is 1.26 bits per heavy atom. The highest BCUT2D eigenvalue weighted by molar-refractivity contribution is 6.31. The molecule has 0 spiro atoms. The van der Waals surface area contributed by atoms with E-state index in [1.165, 1.54) is 44.2 Å². The lowest BCUT2D eigenvalue weighted by Crippen LogP contribution is -2.20. The lowest BCUT2D eigenvalue weighted by atomic mass is 9.81. The van der Waals surface area contributed by atoms with Crippen LogP contribution in [0.2, 0.25) is 5.02 Å². The first kappa shape index (κ1) is 14.8. The van der Waals surface area contributed by atoms with Gasteiger partial charge in [0.1, 0.15) is 5.82 Å². The lowest BCUT2D eigenvalue weighted by molar-refractivity contribution is 0.275. The van der Waals surface area contributed by atoms with E-state index in [0.717, 1.165) is 23.9 Å². The zero-order chi connectivity index (χ0) is 13.7. The Morgan fingerprint density at radius 3 is 2.74 bits per heavy atom. The summed E-state index contributed by atoms with van der Waals surface area (Å²) in [6.45, 7) is 3.99. The van der Waals surface area contributed by atoms with Crippen molar-refractivity contribution in [3.05, 3.63) is 34.6 Å². The van der Waals surface area contributed by atoms with Crippen molar-refractivity contribution in [2.45, 2.75) is 45.6 Å². The first-order chi connectivity index (χ1) is 9.15. The van der Waals surface area contributed by atoms with Crippen molar-refractivity contribution < 1.29 is 4.39 Å². The van der Waals surface area contributed by atoms with Gasteiger partial charge in [-0.1, -0.05) is 44.2 Å². The first-order valence-corrected chi connectivity index (χ1v) is 7.67. The van der Waals surface area contributed by atoms with Crippen LogP contribution in [0.4, 0.5) is 4.39 Å². The van der Waals surface area contributed by atoms with Crippen molar-refractivity contribution in [3.63, 3.8) is 0 Å². The average Bonchev–Trinajstić information content (AvgIpc) is 2.40. The maximum absolute atomic E-state index is 13.1. The summed E-state index contributed by atoms with van der Waals surface area (Å²) in [5, 5.41) is 4.02. The molecule has 1 saturated carbocycles. The summed E-state index contributed by atoms with van der Waals surface area (Å²) in [7, 11) is 0. The van der Waals surface area contributed by atoms with Gasteiger partial charge < -0.3 is 5.32 Å². The van der Waals surface area contributed by atoms with Gasteiger partial charge in [0.2, 0.25) is 0 Å². The van der Waals surface area contributed by atoms with E-state index in [4.69, 9.17) is 11.6 Å². The summed E-state index contributed by atoms with van der Waals surface area (Å²) >= 11 is 6.03. The fraction of sp³-hybridized carbons (Fsp3) is 0.625. The molecule has 0 saturated heterocycles. The van der Waals surface area contributed by atoms with Crippen LogP contribution in [-0.4, -0.2) is 6.54 Å². The molecule has 0 heterocycles. The number of hydrogen-bond donors (Lipinski definition) is 1. The molecule has 19 heavy (non-hydrogen) atoms. The van der Waals surface area contributed by atoms with Crippen molar-refractivity contribution in [3.8, 4) is 0 Å². The Bertz CT molecular complexity index is 400. The van der Waals surface area contributed by atoms with Gasteiger partial charge >= 0.3 is 0 Å². The third-order valence-corrected chi connectivity index (χ3v) is 4.56. The predicted octanol–water partition coefficient (Wildman–Crippen LogP) is 4.79. The van der Waals surface area contributed by atoms with Gasteiger partial charge in [0.05, 0.1) is 0 Å². The molecule has 0 aromatic heterocycles. The van der Waals surface area contributed by atoms with E-state index in [-0.39, 0.29) is 5.82 Å². The Balaban J connectivity index is 1.68. The first-order valence-electron chi connectivity index (χ1n) is 7.30. The molecule has 0 unspecified atom stereocenters. The summed E-state index contributed by atoms with van der Waals surface area (Å²) < 4.78 is 13.1. The molecule has 1 nitrogen and oxygen atoms in total. The highest BCUT2D eigenvalue weighted by Crippen LogP contribution is 2.30. The topological polar surface area (TPSA) is 12.0 Å². The van der Waals surface area contributed by atoms with Crippen LogP contribution >= 0.6 is 11.6 Å². The van der Waals surface area contributed by atoms with Gasteiger partial charge in [-0.05, 0) is 48.6 Å². The molecule has 0 bridgehead atoms. The van der Waals surface area contributed by atoms with E-state index < -0.39 is 0 Å². The Labute approximate surface area is 120 Å². The second-order valence-corrected chi connectivity index (χ2v) is 6.23. The molecule has 3 heteroatoms. The van der Waals surface area contributed by atoms with Gasteiger partial charge in [-0.15, -0.1) is 0 Å². The van der Waals surface area contributed by atoms with E-state index in [1.54, 1.807) is 6.07 Å². The highest BCUT2D eigenvalue weighted by Gasteiger charge is 2.17. The zero-order valence-corrected chi connectivity index (χ0v) is 12.3. The van der Waals surface area contributed by atoms with Crippen molar-refractivity contribution >= 4 is 11.6 Å². The van der Waals surface area contributed by atoms with Crippen LogP contribution in [0, 0.1) is 17.7 Å². The Morgan fingerprint density at radius 2 is 2.00 bits per heavy atom. The van der Waals surface area contributed by atoms with E-state index in [2.05, 4.69) is 12.2 Å². The second kappa shape index (κ2) is 7.25. The number of nitrogens with one attached hydrogen (secondary N) is 1. The van der Waals surface area contributed by atoms with Gasteiger partial charge in [0.15, 0.2) is 0 Å². The molecule has 1 N–H and O–H groups in total. The molecule has 1 fully saturated rings. The minimum absolute atomic E-state index is 0.220. The SMILES string of the molecule is CC1CCC(CCNCc2cc(F)ccc2Cl)CC1. The maximum atomic E-state index is 13.1. The van der Waals surface area contributed by atoms with Gasteiger partial charge in [-0.3, -0.25) is 0 Å². The van der Waals surface area contributed by atoms with E-state index in [1.807, 2.05) is 0 Å². The van der Waals surface area contributed by atoms with Gasteiger partial charge in [-0.2, -0.15) is 0 Å². The summed E-state index contributed by atoms with van der Waals surface area (Å²) in [4.78, 5) is 0. The second-order valence-electron chi connectivity index (χ2n) is 5.83. The highest BCUT2D eigenvalue weighted by atomic mass is 35.5. The number of benzene rings is 1. The van der Waals surface area contributed by atoms with Gasteiger partial charge in [0.25, 0.3) is 0 Å². The van der Waals surface area contributed by atoms with Crippen LogP contribution in [0.25, 0.3) is 0 Å². The average molecular weight is 284 g/mol. The quantitative estimate of drug-likeness (QED) is 0.767. The van der Waals surface area contributed by atoms with Crippen molar-refractivity contribution in [2.24, 2.45) is 11.8 Å². The lowest BCUT2D eigenvalue weighted by Gasteiger charge is -2.26.